The van der Waals surface area contributed by atoms with E-state index in [0.29, 0.717) is 54.0 Å². The average Bonchev–Trinajstić information content (AvgIpc) is 3.86. The van der Waals surface area contributed by atoms with Crippen LogP contribution in [-0.2, 0) is 17.6 Å². The Bertz CT molecular complexity index is 1490. The molecule has 6 nitrogen and oxygen atoms in total. The van der Waals surface area contributed by atoms with Crippen molar-refractivity contribution >= 4 is 18.0 Å². The number of hydrogen-bond acceptors (Lipinski definition) is 5. The summed E-state index contributed by atoms with van der Waals surface area (Å²) in [4.78, 5) is 40.0. The third-order valence-electron chi connectivity index (χ3n) is 10.1. The van der Waals surface area contributed by atoms with Gasteiger partial charge in [0.25, 0.3) is 5.91 Å². The first kappa shape index (κ1) is 29.3. The first-order valence-electron chi connectivity index (χ1n) is 15.7. The van der Waals surface area contributed by atoms with E-state index < -0.39 is 0 Å². The van der Waals surface area contributed by atoms with E-state index >= 15 is 0 Å². The molecule has 3 aromatic carbocycles. The van der Waals surface area contributed by atoms with Gasteiger partial charge in [-0.25, -0.2) is 0 Å². The molecule has 3 aromatic rings. The summed E-state index contributed by atoms with van der Waals surface area (Å²) in [5.41, 5.74) is 6.77. The molecule has 3 aliphatic rings. The molecule has 0 saturated heterocycles. The van der Waals surface area contributed by atoms with Gasteiger partial charge in [-0.1, -0.05) is 61.5 Å². The third-order valence-corrected chi connectivity index (χ3v) is 10.1. The number of rotatable bonds is 10. The van der Waals surface area contributed by atoms with Crippen molar-refractivity contribution in [3.05, 3.63) is 88.5 Å². The summed E-state index contributed by atoms with van der Waals surface area (Å²) in [7, 11) is 3.90. The maximum absolute atomic E-state index is 13.5. The van der Waals surface area contributed by atoms with E-state index in [4.69, 9.17) is 4.74 Å². The maximum Gasteiger partial charge on any atom is 0.255 e. The van der Waals surface area contributed by atoms with Gasteiger partial charge in [0, 0.05) is 48.5 Å². The predicted octanol–water partition coefficient (Wildman–Crippen LogP) is 6.11. The number of nitrogens with one attached hydrogen (secondary N) is 1. The number of ether oxygens (including phenoxy) is 1. The SMILES string of the molecule is COc1c(C(=O)NCCc2ccc(-c3ccc(C=O)cc3)cc2)ccc2c1C1C(C)C(=O)CC[C@H]1[C@H](N(C)CC1CC1)C2. The van der Waals surface area contributed by atoms with Crippen LogP contribution in [0.25, 0.3) is 11.1 Å². The molecule has 2 unspecified atom stereocenters. The molecule has 224 valence electrons. The van der Waals surface area contributed by atoms with E-state index in [-0.39, 0.29) is 17.7 Å². The van der Waals surface area contributed by atoms with Gasteiger partial charge >= 0.3 is 0 Å². The van der Waals surface area contributed by atoms with E-state index in [1.165, 1.54) is 18.4 Å². The van der Waals surface area contributed by atoms with Gasteiger partial charge in [-0.05, 0) is 79.3 Å². The first-order valence-corrected chi connectivity index (χ1v) is 15.7. The Balaban J connectivity index is 1.17. The Kier molecular flexibility index (Phi) is 8.49. The van der Waals surface area contributed by atoms with Gasteiger partial charge in [0.05, 0.1) is 12.7 Å². The lowest BCUT2D eigenvalue weighted by Gasteiger charge is -2.48. The van der Waals surface area contributed by atoms with E-state index in [1.54, 1.807) is 7.11 Å². The Morgan fingerprint density at radius 3 is 2.35 bits per heavy atom. The fraction of sp³-hybridized carbons (Fsp3) is 0.432. The minimum Gasteiger partial charge on any atom is -0.496 e. The van der Waals surface area contributed by atoms with E-state index in [0.717, 1.165) is 53.8 Å². The molecule has 2 saturated carbocycles. The first-order chi connectivity index (χ1) is 20.9. The molecule has 1 amide bonds. The molecule has 0 heterocycles. The largest absolute Gasteiger partial charge is 0.496 e. The van der Waals surface area contributed by atoms with Crippen LogP contribution in [0.4, 0.5) is 0 Å². The van der Waals surface area contributed by atoms with Gasteiger partial charge < -0.3 is 15.0 Å². The van der Waals surface area contributed by atoms with E-state index in [2.05, 4.69) is 54.5 Å². The van der Waals surface area contributed by atoms with E-state index in [9.17, 15) is 14.4 Å². The predicted molar refractivity (Wildman–Crippen MR) is 169 cm³/mol. The Morgan fingerprint density at radius 2 is 1.70 bits per heavy atom. The molecule has 0 aliphatic heterocycles. The number of fused-ring (bicyclic) bond motifs is 3. The number of hydrogen-bond donors (Lipinski definition) is 1. The maximum atomic E-state index is 13.5. The van der Waals surface area contributed by atoms with Crippen LogP contribution in [0.1, 0.15) is 75.9 Å². The van der Waals surface area contributed by atoms with Gasteiger partial charge in [0.15, 0.2) is 0 Å². The summed E-state index contributed by atoms with van der Waals surface area (Å²) < 4.78 is 6.00. The second-order valence-electron chi connectivity index (χ2n) is 12.8. The van der Waals surface area contributed by atoms with Crippen molar-refractivity contribution < 1.29 is 19.1 Å². The fourth-order valence-electron chi connectivity index (χ4n) is 7.50. The number of aldehydes is 1. The zero-order valence-corrected chi connectivity index (χ0v) is 25.5. The smallest absolute Gasteiger partial charge is 0.255 e. The van der Waals surface area contributed by atoms with Crippen molar-refractivity contribution in [2.45, 2.75) is 57.4 Å². The zero-order chi connectivity index (χ0) is 30.1. The summed E-state index contributed by atoms with van der Waals surface area (Å²) in [5.74, 6) is 1.97. The quantitative estimate of drug-likeness (QED) is 0.294. The summed E-state index contributed by atoms with van der Waals surface area (Å²) >= 11 is 0. The molecule has 1 N–H and O–H groups in total. The summed E-state index contributed by atoms with van der Waals surface area (Å²) in [6.07, 6.45) is 6.67. The number of methoxy groups -OCH3 is 1. The van der Waals surface area contributed by atoms with Crippen molar-refractivity contribution in [3.8, 4) is 16.9 Å². The molecule has 2 fully saturated rings. The highest BCUT2D eigenvalue weighted by molar-refractivity contribution is 5.98. The Morgan fingerprint density at radius 1 is 1.00 bits per heavy atom. The van der Waals surface area contributed by atoms with Crippen molar-refractivity contribution in [3.63, 3.8) is 0 Å². The molecule has 43 heavy (non-hydrogen) atoms. The highest BCUT2D eigenvalue weighted by Gasteiger charge is 2.47. The van der Waals surface area contributed by atoms with Crippen LogP contribution in [0.5, 0.6) is 5.75 Å². The lowest BCUT2D eigenvalue weighted by Crippen LogP contribution is -2.50. The Labute approximate surface area is 254 Å². The minimum absolute atomic E-state index is 0.0625. The van der Waals surface area contributed by atoms with Crippen LogP contribution in [0.15, 0.2) is 60.7 Å². The molecule has 0 radical (unpaired) electrons. The van der Waals surface area contributed by atoms with Crippen molar-refractivity contribution in [2.75, 3.05) is 27.2 Å². The third kappa shape index (κ3) is 6.03. The second-order valence-corrected chi connectivity index (χ2v) is 12.8. The monoisotopic (exact) mass is 578 g/mol. The van der Waals surface area contributed by atoms with Crippen LogP contribution in [0, 0.1) is 17.8 Å². The molecule has 0 aromatic heterocycles. The molecule has 6 rings (SSSR count). The summed E-state index contributed by atoms with van der Waals surface area (Å²) in [5, 5.41) is 3.11. The molecule has 6 heteroatoms. The van der Waals surface area contributed by atoms with Crippen molar-refractivity contribution in [1.29, 1.82) is 0 Å². The highest BCUT2D eigenvalue weighted by atomic mass is 16.5. The number of carbonyl (C=O) groups excluding carboxylic acids is 3. The standard InChI is InChI=1S/C37H42N2O4/c1-23-33(41)17-16-30-32(39(2)21-25-4-5-25)20-29-14-15-31(36(43-3)35(29)34(23)30)37(42)38-19-18-24-6-10-27(11-7-24)28-12-8-26(22-40)9-13-28/h6-15,22-23,25,30,32,34H,4-5,16-21H2,1-3H3,(H,38,42)/t23?,30-,32+,34?/m0/s1. The number of amides is 1. The van der Waals surface area contributed by atoms with E-state index in [1.807, 2.05) is 30.3 Å². The van der Waals surface area contributed by atoms with Crippen molar-refractivity contribution in [1.82, 2.24) is 10.2 Å². The fourth-order valence-corrected chi connectivity index (χ4v) is 7.50. The second kappa shape index (κ2) is 12.5. The lowest BCUT2D eigenvalue weighted by molar-refractivity contribution is -0.127. The summed E-state index contributed by atoms with van der Waals surface area (Å²) in [6.45, 7) is 3.70. The topological polar surface area (TPSA) is 75.7 Å². The number of benzene rings is 3. The minimum atomic E-state index is -0.147. The Hall–Kier alpha value is -3.77. The van der Waals surface area contributed by atoms with Crippen LogP contribution in [0.2, 0.25) is 0 Å². The molecule has 0 bridgehead atoms. The lowest BCUT2D eigenvalue weighted by atomic mass is 9.60. The summed E-state index contributed by atoms with van der Waals surface area (Å²) in [6, 6.07) is 20.2. The van der Waals surface area contributed by atoms with Crippen LogP contribution in [-0.4, -0.2) is 56.2 Å². The van der Waals surface area contributed by atoms with Crippen LogP contribution < -0.4 is 10.1 Å². The number of carbonyl (C=O) groups is 3. The molecular weight excluding hydrogens is 536 g/mol. The van der Waals surface area contributed by atoms with Gasteiger partial charge in [0.2, 0.25) is 0 Å². The van der Waals surface area contributed by atoms with Gasteiger partial charge in [-0.3, -0.25) is 14.4 Å². The number of nitrogens with zero attached hydrogens (tertiary/aromatic N) is 1. The number of likely N-dealkylation sites (N-methyl/N-ethyl adjacent to an activating group) is 1. The van der Waals surface area contributed by atoms with Crippen molar-refractivity contribution in [2.24, 2.45) is 17.8 Å². The van der Waals surface area contributed by atoms with Gasteiger partial charge in [-0.2, -0.15) is 0 Å². The molecular formula is C37H42N2O4. The normalized spacial score (nSPS) is 22.9. The molecule has 4 atom stereocenters. The van der Waals surface area contributed by atoms with Crippen LogP contribution in [0.3, 0.4) is 0 Å². The zero-order valence-electron chi connectivity index (χ0n) is 25.5. The van der Waals surface area contributed by atoms with Gasteiger partial charge in [0.1, 0.15) is 17.8 Å². The molecule has 3 aliphatic carbocycles. The van der Waals surface area contributed by atoms with Crippen LogP contribution >= 0.6 is 0 Å². The number of Topliss-reactive ketones (excluding diaryl/α,β-unsaturated/α-hetero) is 1. The number of ketones is 1. The molecule has 0 spiro atoms. The average molecular weight is 579 g/mol. The van der Waals surface area contributed by atoms with Gasteiger partial charge in [-0.15, -0.1) is 0 Å². The highest BCUT2D eigenvalue weighted by Crippen LogP contribution is 2.52.